The van der Waals surface area contributed by atoms with Gasteiger partial charge in [-0.2, -0.15) is 0 Å². The van der Waals surface area contributed by atoms with Gasteiger partial charge >= 0.3 is 0 Å². The summed E-state index contributed by atoms with van der Waals surface area (Å²) in [4.78, 5) is 23.9. The summed E-state index contributed by atoms with van der Waals surface area (Å²) in [6, 6.07) is 14.9. The van der Waals surface area contributed by atoms with E-state index in [1.807, 2.05) is 37.3 Å². The Bertz CT molecular complexity index is 706. The number of hydrogen-bond donors (Lipinski definition) is 1. The smallest absolute Gasteiger partial charge is 0.244 e. The summed E-state index contributed by atoms with van der Waals surface area (Å²) >= 11 is 0. The van der Waals surface area contributed by atoms with Crippen molar-refractivity contribution >= 4 is 17.3 Å². The van der Waals surface area contributed by atoms with E-state index in [1.54, 1.807) is 0 Å². The van der Waals surface area contributed by atoms with Crippen molar-refractivity contribution in [2.24, 2.45) is 0 Å². The molecule has 0 spiro atoms. The molecule has 0 saturated carbocycles. The van der Waals surface area contributed by atoms with Crippen LogP contribution in [0.2, 0.25) is 0 Å². The largest absolute Gasteiger partial charge is 0.345 e. The summed E-state index contributed by atoms with van der Waals surface area (Å²) in [7, 11) is 0. The highest BCUT2D eigenvalue weighted by Crippen LogP contribution is 2.16. The van der Waals surface area contributed by atoms with E-state index in [0.29, 0.717) is 12.0 Å². The molecule has 2 rings (SSSR count). The molecule has 2 aromatic rings. The number of rotatable bonds is 6. The van der Waals surface area contributed by atoms with E-state index in [1.165, 1.54) is 30.3 Å². The maximum atomic E-state index is 12.8. The predicted octanol–water partition coefficient (Wildman–Crippen LogP) is 3.62. The number of allylic oxidation sites excluding steroid dienone is 1. The van der Waals surface area contributed by atoms with Crippen LogP contribution >= 0.6 is 0 Å². The highest BCUT2D eigenvalue weighted by atomic mass is 19.1. The molecule has 0 saturated heterocycles. The van der Waals surface area contributed by atoms with Gasteiger partial charge in [0.2, 0.25) is 5.91 Å². The maximum Gasteiger partial charge on any atom is 0.244 e. The summed E-state index contributed by atoms with van der Waals surface area (Å²) in [6.45, 7) is 1.85. The molecule has 0 heterocycles. The summed E-state index contributed by atoms with van der Waals surface area (Å²) in [6.07, 6.45) is 2.22. The molecule has 0 aliphatic heterocycles. The molecule has 1 N–H and O–H groups in total. The van der Waals surface area contributed by atoms with Gasteiger partial charge in [-0.15, -0.1) is 0 Å². The molecule has 0 radical (unpaired) electrons. The second kappa shape index (κ2) is 8.03. The molecule has 0 atom stereocenters. The number of ketones is 1. The number of hydrogen-bond acceptors (Lipinski definition) is 2. The Hall–Kier alpha value is -2.75. The molecule has 0 aromatic heterocycles. The third kappa shape index (κ3) is 4.88. The molecular formula is C19H18FNO2. The van der Waals surface area contributed by atoms with E-state index in [9.17, 15) is 14.0 Å². The zero-order valence-electron chi connectivity index (χ0n) is 12.9. The Morgan fingerprint density at radius 3 is 2.26 bits per heavy atom. The highest BCUT2D eigenvalue weighted by Gasteiger charge is 2.08. The van der Waals surface area contributed by atoms with Crippen molar-refractivity contribution in [1.29, 1.82) is 0 Å². The topological polar surface area (TPSA) is 46.2 Å². The van der Waals surface area contributed by atoms with Gasteiger partial charge < -0.3 is 5.32 Å². The summed E-state index contributed by atoms with van der Waals surface area (Å²) < 4.78 is 12.8. The molecule has 0 aliphatic carbocycles. The first kappa shape index (κ1) is 16.6. The van der Waals surface area contributed by atoms with Crippen LogP contribution in [0.1, 0.15) is 29.3 Å². The van der Waals surface area contributed by atoms with Gasteiger partial charge in [0, 0.05) is 11.6 Å². The molecule has 4 heteroatoms. The highest BCUT2D eigenvalue weighted by molar-refractivity contribution is 6.02. The lowest BCUT2D eigenvalue weighted by Gasteiger charge is -2.06. The number of nitrogens with one attached hydrogen (secondary N) is 1. The fourth-order valence-electron chi connectivity index (χ4n) is 2.16. The van der Waals surface area contributed by atoms with Gasteiger partial charge in [-0.25, -0.2) is 4.39 Å². The molecule has 23 heavy (non-hydrogen) atoms. The van der Waals surface area contributed by atoms with Crippen LogP contribution in [-0.2, 0) is 4.79 Å². The van der Waals surface area contributed by atoms with E-state index < -0.39 is 5.82 Å². The van der Waals surface area contributed by atoms with Crippen LogP contribution in [0.5, 0.6) is 0 Å². The van der Waals surface area contributed by atoms with Gasteiger partial charge in [-0.05, 0) is 41.8 Å². The minimum Gasteiger partial charge on any atom is -0.345 e. The van der Waals surface area contributed by atoms with Gasteiger partial charge in [0.1, 0.15) is 5.82 Å². The third-order valence-electron chi connectivity index (χ3n) is 3.42. The molecule has 0 aliphatic rings. The minimum atomic E-state index is -0.399. The van der Waals surface area contributed by atoms with E-state index in [0.717, 1.165) is 11.1 Å². The fourth-order valence-corrected chi connectivity index (χ4v) is 2.16. The van der Waals surface area contributed by atoms with Crippen molar-refractivity contribution in [3.63, 3.8) is 0 Å². The van der Waals surface area contributed by atoms with E-state index >= 15 is 0 Å². The standard InChI is InChI=1S/C19H18FNO2/c1-2-14(15-6-4-3-5-7-15)12-19(23)21-13-18(22)16-8-10-17(20)11-9-16/h3-12H,2,13H2,1H3,(H,21,23)/b14-12+. The van der Waals surface area contributed by atoms with Gasteiger partial charge in [-0.3, -0.25) is 9.59 Å². The maximum absolute atomic E-state index is 12.8. The number of benzene rings is 2. The Balaban J connectivity index is 1.97. The van der Waals surface area contributed by atoms with Crippen LogP contribution < -0.4 is 5.32 Å². The molecule has 0 fully saturated rings. The van der Waals surface area contributed by atoms with Crippen molar-refractivity contribution in [3.05, 3.63) is 77.6 Å². The number of Topliss-reactive ketones (excluding diaryl/α,β-unsaturated/α-hetero) is 1. The Kier molecular flexibility index (Phi) is 5.80. The van der Waals surface area contributed by atoms with Crippen LogP contribution in [0.15, 0.2) is 60.7 Å². The normalized spacial score (nSPS) is 11.1. The SMILES string of the molecule is CC/C(=C\C(=O)NCC(=O)c1ccc(F)cc1)c1ccccc1. The first-order valence-electron chi connectivity index (χ1n) is 7.42. The monoisotopic (exact) mass is 311 g/mol. The van der Waals surface area contributed by atoms with Crippen LogP contribution in [0.3, 0.4) is 0 Å². The van der Waals surface area contributed by atoms with Crippen molar-refractivity contribution in [2.45, 2.75) is 13.3 Å². The van der Waals surface area contributed by atoms with Crippen molar-refractivity contribution in [3.8, 4) is 0 Å². The molecular weight excluding hydrogens is 293 g/mol. The van der Waals surface area contributed by atoms with Crippen LogP contribution in [0.25, 0.3) is 5.57 Å². The van der Waals surface area contributed by atoms with Gasteiger partial charge in [-0.1, -0.05) is 37.3 Å². The van der Waals surface area contributed by atoms with Gasteiger partial charge in [0.25, 0.3) is 0 Å². The molecule has 0 unspecified atom stereocenters. The molecule has 118 valence electrons. The van der Waals surface area contributed by atoms with Crippen molar-refractivity contribution in [2.75, 3.05) is 6.54 Å². The zero-order valence-corrected chi connectivity index (χ0v) is 12.9. The summed E-state index contributed by atoms with van der Waals surface area (Å²) in [5, 5.41) is 2.57. The zero-order chi connectivity index (χ0) is 16.7. The van der Waals surface area contributed by atoms with Crippen molar-refractivity contribution in [1.82, 2.24) is 5.32 Å². The Morgan fingerprint density at radius 2 is 1.65 bits per heavy atom. The van der Waals surface area contributed by atoms with E-state index in [4.69, 9.17) is 0 Å². The first-order chi connectivity index (χ1) is 11.1. The molecule has 1 amide bonds. The molecule has 2 aromatic carbocycles. The summed E-state index contributed by atoms with van der Waals surface area (Å²) in [5.74, 6) is -0.977. The third-order valence-corrected chi connectivity index (χ3v) is 3.42. The lowest BCUT2D eigenvalue weighted by Crippen LogP contribution is -2.28. The second-order valence-corrected chi connectivity index (χ2v) is 5.04. The predicted molar refractivity (Wildman–Crippen MR) is 88.5 cm³/mol. The molecule has 0 bridgehead atoms. The number of amides is 1. The molecule has 3 nitrogen and oxygen atoms in total. The minimum absolute atomic E-state index is 0.118. The van der Waals surface area contributed by atoms with E-state index in [2.05, 4.69) is 5.32 Å². The average Bonchev–Trinajstić information content (AvgIpc) is 2.59. The summed E-state index contributed by atoms with van der Waals surface area (Å²) in [5.41, 5.74) is 2.25. The second-order valence-electron chi connectivity index (χ2n) is 5.04. The first-order valence-corrected chi connectivity index (χ1v) is 7.42. The van der Waals surface area contributed by atoms with Crippen LogP contribution in [0, 0.1) is 5.82 Å². The van der Waals surface area contributed by atoms with Gasteiger partial charge in [0.15, 0.2) is 5.78 Å². The fraction of sp³-hybridized carbons (Fsp3) is 0.158. The number of carbonyl (C=O) groups is 2. The van der Waals surface area contributed by atoms with Crippen LogP contribution in [-0.4, -0.2) is 18.2 Å². The van der Waals surface area contributed by atoms with Gasteiger partial charge in [0.05, 0.1) is 6.54 Å². The lowest BCUT2D eigenvalue weighted by atomic mass is 10.0. The van der Waals surface area contributed by atoms with E-state index in [-0.39, 0.29) is 18.2 Å². The quantitative estimate of drug-likeness (QED) is 0.654. The van der Waals surface area contributed by atoms with Crippen LogP contribution in [0.4, 0.5) is 4.39 Å². The van der Waals surface area contributed by atoms with Crippen molar-refractivity contribution < 1.29 is 14.0 Å². The Labute approximate surface area is 134 Å². The lowest BCUT2D eigenvalue weighted by molar-refractivity contribution is -0.116. The number of carbonyl (C=O) groups excluding carboxylic acids is 2. The Morgan fingerprint density at radius 1 is 1.00 bits per heavy atom. The number of halogens is 1. The average molecular weight is 311 g/mol.